The predicted molar refractivity (Wildman–Crippen MR) is 111 cm³/mol. The van der Waals surface area contributed by atoms with Crippen LogP contribution in [-0.2, 0) is 16.0 Å². The maximum atomic E-state index is 13.5. The zero-order valence-corrected chi connectivity index (χ0v) is 18.1. The van der Waals surface area contributed by atoms with E-state index in [0.717, 1.165) is 18.2 Å². The van der Waals surface area contributed by atoms with Gasteiger partial charge in [0.2, 0.25) is 0 Å². The molecule has 1 fully saturated rings. The molecule has 32 heavy (non-hydrogen) atoms. The molecule has 0 radical (unpaired) electrons. The number of nitrogens with zero attached hydrogens (tertiary/aromatic N) is 2. The van der Waals surface area contributed by atoms with Gasteiger partial charge < -0.3 is 4.90 Å². The van der Waals surface area contributed by atoms with Crippen molar-refractivity contribution in [2.75, 3.05) is 18.0 Å². The quantitative estimate of drug-likeness (QED) is 0.452. The Balaban J connectivity index is 1.47. The largest absolute Gasteiger partial charge is 0.416 e. The minimum absolute atomic E-state index is 0.224. The molecule has 170 valence electrons. The topological polar surface area (TPSA) is 50.3 Å². The van der Waals surface area contributed by atoms with Crippen molar-refractivity contribution in [2.45, 2.75) is 29.2 Å². The normalized spacial score (nSPS) is 15.8. The lowest BCUT2D eigenvalue weighted by Gasteiger charge is -2.31. The molecule has 4 nitrogen and oxygen atoms in total. The zero-order valence-electron chi connectivity index (χ0n) is 16.4. The Kier molecular flexibility index (Phi) is 5.97. The maximum absolute atomic E-state index is 13.5. The molecule has 0 atom stereocenters. The van der Waals surface area contributed by atoms with Crippen LogP contribution < -0.4 is 4.90 Å². The second kappa shape index (κ2) is 8.43. The number of anilines is 1. The van der Waals surface area contributed by atoms with Gasteiger partial charge in [-0.15, -0.1) is 11.3 Å². The minimum atomic E-state index is -4.62. The van der Waals surface area contributed by atoms with Crippen molar-refractivity contribution in [2.24, 2.45) is 0 Å². The summed E-state index contributed by atoms with van der Waals surface area (Å²) in [5, 5.41) is 1.44. The van der Waals surface area contributed by atoms with Gasteiger partial charge in [-0.3, -0.25) is 0 Å². The standard InChI is InChI=1S/C21H17F5N2O2S2/c22-15-8-13(9-16(23)11-15)19-12-31-20(27-19)28-6-4-17(5-7-28)32(29,30)18-3-1-2-14(10-18)21(24,25)26/h1-3,8-12,17H,4-7H2. The van der Waals surface area contributed by atoms with Crippen LogP contribution in [0.15, 0.2) is 52.7 Å². The van der Waals surface area contributed by atoms with Crippen LogP contribution in [0.25, 0.3) is 11.3 Å². The third-order valence-corrected chi connectivity index (χ3v) is 8.45. The Morgan fingerprint density at radius 1 is 1.00 bits per heavy atom. The fraction of sp³-hybridized carbons (Fsp3) is 0.286. The first-order valence-corrected chi connectivity index (χ1v) is 12.0. The van der Waals surface area contributed by atoms with Gasteiger partial charge in [0.25, 0.3) is 0 Å². The number of aromatic nitrogens is 1. The Bertz CT molecular complexity index is 1210. The summed E-state index contributed by atoms with van der Waals surface area (Å²) >= 11 is 1.27. The highest BCUT2D eigenvalue weighted by Crippen LogP contribution is 2.34. The van der Waals surface area contributed by atoms with Crippen molar-refractivity contribution in [3.63, 3.8) is 0 Å². The van der Waals surface area contributed by atoms with E-state index >= 15 is 0 Å². The van der Waals surface area contributed by atoms with Gasteiger partial charge in [0, 0.05) is 30.1 Å². The van der Waals surface area contributed by atoms with E-state index in [1.165, 1.54) is 29.5 Å². The van der Waals surface area contributed by atoms with Gasteiger partial charge in [0.15, 0.2) is 15.0 Å². The minimum Gasteiger partial charge on any atom is -0.348 e. The van der Waals surface area contributed by atoms with E-state index in [-0.39, 0.29) is 17.7 Å². The van der Waals surface area contributed by atoms with Crippen molar-refractivity contribution >= 4 is 26.3 Å². The number of piperidine rings is 1. The van der Waals surface area contributed by atoms with Crippen molar-refractivity contribution < 1.29 is 30.4 Å². The number of benzene rings is 2. The third-order valence-electron chi connectivity index (χ3n) is 5.29. The number of hydrogen-bond donors (Lipinski definition) is 0. The van der Waals surface area contributed by atoms with E-state index < -0.39 is 38.5 Å². The number of hydrogen-bond acceptors (Lipinski definition) is 5. The fourth-order valence-electron chi connectivity index (χ4n) is 3.64. The first-order chi connectivity index (χ1) is 15.0. The molecule has 2 heterocycles. The summed E-state index contributed by atoms with van der Waals surface area (Å²) in [6, 6.07) is 6.91. The summed E-state index contributed by atoms with van der Waals surface area (Å²) in [5.41, 5.74) is -0.297. The second-order valence-electron chi connectivity index (χ2n) is 7.43. The van der Waals surface area contributed by atoms with Gasteiger partial charge in [-0.05, 0) is 43.2 Å². The Morgan fingerprint density at radius 3 is 2.28 bits per heavy atom. The molecule has 0 amide bonds. The van der Waals surface area contributed by atoms with Crippen LogP contribution in [0.4, 0.5) is 27.1 Å². The number of thiazole rings is 1. The molecule has 1 aliphatic heterocycles. The van der Waals surface area contributed by atoms with Crippen molar-refractivity contribution in [3.8, 4) is 11.3 Å². The van der Waals surface area contributed by atoms with Gasteiger partial charge in [-0.1, -0.05) is 6.07 Å². The molecule has 11 heteroatoms. The molecule has 1 saturated heterocycles. The molecule has 0 bridgehead atoms. The SMILES string of the molecule is O=S(=O)(c1cccc(C(F)(F)F)c1)C1CCN(c2nc(-c3cc(F)cc(F)c3)cs2)CC1. The van der Waals surface area contributed by atoms with E-state index in [2.05, 4.69) is 4.98 Å². The molecule has 4 rings (SSSR count). The van der Waals surface area contributed by atoms with Gasteiger partial charge in [-0.2, -0.15) is 13.2 Å². The highest BCUT2D eigenvalue weighted by molar-refractivity contribution is 7.92. The highest BCUT2D eigenvalue weighted by Gasteiger charge is 2.35. The van der Waals surface area contributed by atoms with E-state index in [9.17, 15) is 30.4 Å². The number of halogens is 5. The number of sulfone groups is 1. The van der Waals surface area contributed by atoms with Crippen LogP contribution in [-0.4, -0.2) is 31.7 Å². The van der Waals surface area contributed by atoms with Gasteiger partial charge in [0.05, 0.1) is 21.4 Å². The third kappa shape index (κ3) is 4.63. The monoisotopic (exact) mass is 488 g/mol. The lowest BCUT2D eigenvalue weighted by molar-refractivity contribution is -0.137. The van der Waals surface area contributed by atoms with Crippen molar-refractivity contribution in [1.82, 2.24) is 4.98 Å². The molecular formula is C21H17F5N2O2S2. The van der Waals surface area contributed by atoms with Crippen LogP contribution in [0.5, 0.6) is 0 Å². The molecule has 0 spiro atoms. The van der Waals surface area contributed by atoms with Crippen molar-refractivity contribution in [3.05, 3.63) is 65.0 Å². The number of alkyl halides is 3. The average Bonchev–Trinajstić information content (AvgIpc) is 3.23. The van der Waals surface area contributed by atoms with Crippen LogP contribution >= 0.6 is 11.3 Å². The fourth-order valence-corrected chi connectivity index (χ4v) is 6.31. The second-order valence-corrected chi connectivity index (χ2v) is 10.5. The summed E-state index contributed by atoms with van der Waals surface area (Å²) in [7, 11) is -3.92. The molecule has 1 aliphatic rings. The molecule has 0 saturated carbocycles. The molecular weight excluding hydrogens is 471 g/mol. The lowest BCUT2D eigenvalue weighted by Crippen LogP contribution is -2.39. The molecule has 1 aromatic heterocycles. The predicted octanol–water partition coefficient (Wildman–Crippen LogP) is 5.55. The molecule has 0 aliphatic carbocycles. The summed E-state index contributed by atoms with van der Waals surface area (Å²) in [6.07, 6.45) is -4.17. The summed E-state index contributed by atoms with van der Waals surface area (Å²) in [4.78, 5) is 5.93. The van der Waals surface area contributed by atoms with Gasteiger partial charge >= 0.3 is 6.18 Å². The first-order valence-electron chi connectivity index (χ1n) is 9.62. The van der Waals surface area contributed by atoms with Crippen LogP contribution in [0, 0.1) is 11.6 Å². The molecule has 0 unspecified atom stereocenters. The Hall–Kier alpha value is -2.53. The van der Waals surface area contributed by atoms with Crippen LogP contribution in [0.2, 0.25) is 0 Å². The van der Waals surface area contributed by atoms with E-state index in [1.807, 2.05) is 4.90 Å². The Labute approximate surface area is 185 Å². The van der Waals surface area contributed by atoms with Gasteiger partial charge in [-0.25, -0.2) is 22.2 Å². The number of rotatable bonds is 4. The molecule has 3 aromatic rings. The van der Waals surface area contributed by atoms with Crippen LogP contribution in [0.3, 0.4) is 0 Å². The van der Waals surface area contributed by atoms with Gasteiger partial charge in [0.1, 0.15) is 11.6 Å². The van der Waals surface area contributed by atoms with E-state index in [4.69, 9.17) is 0 Å². The van der Waals surface area contributed by atoms with E-state index in [1.54, 1.807) is 5.38 Å². The van der Waals surface area contributed by atoms with E-state index in [0.29, 0.717) is 35.5 Å². The summed E-state index contributed by atoms with van der Waals surface area (Å²) in [5.74, 6) is -1.43. The summed E-state index contributed by atoms with van der Waals surface area (Å²) < 4.78 is 91.6. The molecule has 2 aromatic carbocycles. The lowest BCUT2D eigenvalue weighted by atomic mass is 10.1. The molecule has 0 N–H and O–H groups in total. The smallest absolute Gasteiger partial charge is 0.348 e. The van der Waals surface area contributed by atoms with Crippen LogP contribution in [0.1, 0.15) is 18.4 Å². The Morgan fingerprint density at radius 2 is 1.66 bits per heavy atom. The first kappa shape index (κ1) is 22.7. The average molecular weight is 489 g/mol. The summed E-state index contributed by atoms with van der Waals surface area (Å²) in [6.45, 7) is 0.681. The zero-order chi connectivity index (χ0) is 23.1. The highest BCUT2D eigenvalue weighted by atomic mass is 32.2. The van der Waals surface area contributed by atoms with Crippen molar-refractivity contribution in [1.29, 1.82) is 0 Å². The maximum Gasteiger partial charge on any atom is 0.416 e.